The molecule has 0 saturated carbocycles. The molecule has 0 amide bonds. The minimum Gasteiger partial charge on any atom is -0.466 e. The minimum absolute atomic E-state index is 0. The van der Waals surface area contributed by atoms with Crippen molar-refractivity contribution in [1.82, 2.24) is 10.6 Å². The Morgan fingerprint density at radius 1 is 1.07 bits per heavy atom. The summed E-state index contributed by atoms with van der Waals surface area (Å²) < 4.78 is 5.30. The Morgan fingerprint density at radius 2 is 1.86 bits per heavy atom. The Bertz CT molecular complexity index is 892. The number of hydrogen-bond donors (Lipinski definition) is 3. The van der Waals surface area contributed by atoms with Crippen molar-refractivity contribution in [1.29, 1.82) is 0 Å². The van der Waals surface area contributed by atoms with Gasteiger partial charge in [-0.05, 0) is 48.7 Å². The number of aliphatic hydroxyl groups is 1. The molecule has 1 aromatic heterocycles. The van der Waals surface area contributed by atoms with E-state index in [2.05, 4.69) is 58.1 Å². The number of furan rings is 1. The molecule has 0 bridgehead atoms. The molecule has 0 aliphatic heterocycles. The molecule has 0 fully saturated rings. The first-order valence-electron chi connectivity index (χ1n) is 9.35. The lowest BCUT2D eigenvalue weighted by Crippen LogP contribution is -2.39. The van der Waals surface area contributed by atoms with E-state index in [1.807, 2.05) is 6.92 Å². The van der Waals surface area contributed by atoms with Crippen molar-refractivity contribution < 1.29 is 9.52 Å². The SMILES string of the molecule is CCNC(=NCC(C)(O)c1ccco1)NCCc1ccc2ccccc2c1.I. The fourth-order valence-electron chi connectivity index (χ4n) is 2.96. The largest absolute Gasteiger partial charge is 0.466 e. The van der Waals surface area contributed by atoms with Crippen LogP contribution in [-0.2, 0) is 12.0 Å². The second kappa shape index (κ2) is 10.5. The quantitative estimate of drug-likeness (QED) is 0.264. The van der Waals surface area contributed by atoms with E-state index < -0.39 is 5.60 Å². The molecule has 3 aromatic rings. The van der Waals surface area contributed by atoms with E-state index in [-0.39, 0.29) is 30.5 Å². The van der Waals surface area contributed by atoms with E-state index >= 15 is 0 Å². The lowest BCUT2D eigenvalue weighted by atomic mass is 10.0. The molecule has 28 heavy (non-hydrogen) atoms. The highest BCUT2D eigenvalue weighted by molar-refractivity contribution is 14.0. The summed E-state index contributed by atoms with van der Waals surface area (Å²) in [6.45, 7) is 5.45. The van der Waals surface area contributed by atoms with Crippen LogP contribution in [-0.4, -0.2) is 30.7 Å². The first-order chi connectivity index (χ1) is 13.1. The van der Waals surface area contributed by atoms with Gasteiger partial charge in [0.1, 0.15) is 11.4 Å². The molecule has 0 saturated heterocycles. The number of hydrogen-bond acceptors (Lipinski definition) is 3. The molecule has 0 spiro atoms. The monoisotopic (exact) mass is 493 g/mol. The Kier molecular flexibility index (Phi) is 8.32. The second-order valence-electron chi connectivity index (χ2n) is 6.80. The van der Waals surface area contributed by atoms with E-state index in [9.17, 15) is 5.11 Å². The van der Waals surface area contributed by atoms with Gasteiger partial charge in [0.25, 0.3) is 0 Å². The third-order valence-corrected chi connectivity index (χ3v) is 4.46. The highest BCUT2D eigenvalue weighted by atomic mass is 127. The molecule has 3 N–H and O–H groups in total. The summed E-state index contributed by atoms with van der Waals surface area (Å²) in [5, 5.41) is 19.6. The zero-order valence-electron chi connectivity index (χ0n) is 16.3. The number of nitrogens with zero attached hydrogens (tertiary/aromatic N) is 1. The number of rotatable bonds is 7. The van der Waals surface area contributed by atoms with Crippen molar-refractivity contribution in [2.24, 2.45) is 4.99 Å². The maximum Gasteiger partial charge on any atom is 0.191 e. The summed E-state index contributed by atoms with van der Waals surface area (Å²) in [4.78, 5) is 4.51. The van der Waals surface area contributed by atoms with Gasteiger partial charge in [-0.15, -0.1) is 24.0 Å². The Hall–Kier alpha value is -2.06. The van der Waals surface area contributed by atoms with Crippen molar-refractivity contribution in [3.63, 3.8) is 0 Å². The van der Waals surface area contributed by atoms with Crippen molar-refractivity contribution >= 4 is 40.7 Å². The number of halogens is 1. The van der Waals surface area contributed by atoms with Crippen LogP contribution in [0.3, 0.4) is 0 Å². The van der Waals surface area contributed by atoms with Gasteiger partial charge in [-0.25, -0.2) is 4.99 Å². The third-order valence-electron chi connectivity index (χ3n) is 4.46. The summed E-state index contributed by atoms with van der Waals surface area (Å²) >= 11 is 0. The maximum absolute atomic E-state index is 10.5. The van der Waals surface area contributed by atoms with Gasteiger partial charge in [0.15, 0.2) is 5.96 Å². The standard InChI is InChI=1S/C22H27N3O2.HI/c1-3-23-21(25-16-22(2,26)20-9-6-14-27-20)24-13-12-17-10-11-18-7-4-5-8-19(18)15-17;/h4-11,14-15,26H,3,12-13,16H2,1-2H3,(H2,23,24,25);1H. The number of fused-ring (bicyclic) bond motifs is 1. The topological polar surface area (TPSA) is 69.8 Å². The van der Waals surface area contributed by atoms with Crippen LogP contribution in [0.4, 0.5) is 0 Å². The fraction of sp³-hybridized carbons (Fsp3) is 0.318. The summed E-state index contributed by atoms with van der Waals surface area (Å²) in [5.41, 5.74) is 0.143. The van der Waals surface area contributed by atoms with Gasteiger partial charge in [-0.2, -0.15) is 0 Å². The van der Waals surface area contributed by atoms with Gasteiger partial charge in [0.2, 0.25) is 0 Å². The van der Waals surface area contributed by atoms with E-state index in [1.165, 1.54) is 16.3 Å². The number of benzene rings is 2. The van der Waals surface area contributed by atoms with Crippen molar-refractivity contribution in [2.75, 3.05) is 19.6 Å². The van der Waals surface area contributed by atoms with Crippen LogP contribution in [0.2, 0.25) is 0 Å². The molecule has 5 nitrogen and oxygen atoms in total. The maximum atomic E-state index is 10.5. The smallest absolute Gasteiger partial charge is 0.191 e. The van der Waals surface area contributed by atoms with Gasteiger partial charge in [-0.1, -0.05) is 42.5 Å². The summed E-state index contributed by atoms with van der Waals surface area (Å²) in [7, 11) is 0. The van der Waals surface area contributed by atoms with Gasteiger partial charge in [-0.3, -0.25) is 0 Å². The normalized spacial score (nSPS) is 13.6. The van der Waals surface area contributed by atoms with E-state index in [0.29, 0.717) is 11.7 Å². The minimum atomic E-state index is -1.13. The summed E-state index contributed by atoms with van der Waals surface area (Å²) in [6.07, 6.45) is 2.45. The van der Waals surface area contributed by atoms with Crippen LogP contribution in [0.15, 0.2) is 70.3 Å². The van der Waals surface area contributed by atoms with Crippen LogP contribution in [0.25, 0.3) is 10.8 Å². The van der Waals surface area contributed by atoms with Gasteiger partial charge < -0.3 is 20.2 Å². The average molecular weight is 493 g/mol. The lowest BCUT2D eigenvalue weighted by Gasteiger charge is -2.19. The highest BCUT2D eigenvalue weighted by Crippen LogP contribution is 2.21. The Morgan fingerprint density at radius 3 is 2.57 bits per heavy atom. The number of guanidine groups is 1. The molecule has 6 heteroatoms. The lowest BCUT2D eigenvalue weighted by molar-refractivity contribution is 0.0437. The molecule has 1 unspecified atom stereocenters. The van der Waals surface area contributed by atoms with Gasteiger partial charge >= 0.3 is 0 Å². The third kappa shape index (κ3) is 5.97. The van der Waals surface area contributed by atoms with E-state index in [1.54, 1.807) is 25.3 Å². The summed E-state index contributed by atoms with van der Waals surface area (Å²) in [5.74, 6) is 1.20. The highest BCUT2D eigenvalue weighted by Gasteiger charge is 2.26. The van der Waals surface area contributed by atoms with Crippen LogP contribution in [0.5, 0.6) is 0 Å². The first kappa shape index (κ1) is 22.2. The zero-order chi connectivity index (χ0) is 19.1. The molecule has 2 aromatic carbocycles. The molecule has 1 heterocycles. The molecule has 150 valence electrons. The van der Waals surface area contributed by atoms with E-state index in [0.717, 1.165) is 19.5 Å². The molecule has 0 aliphatic rings. The average Bonchev–Trinajstić information content (AvgIpc) is 3.22. The second-order valence-corrected chi connectivity index (χ2v) is 6.80. The van der Waals surface area contributed by atoms with E-state index in [4.69, 9.17) is 4.42 Å². The van der Waals surface area contributed by atoms with Crippen LogP contribution >= 0.6 is 24.0 Å². The molecular weight excluding hydrogens is 465 g/mol. The molecule has 0 aliphatic carbocycles. The van der Waals surface area contributed by atoms with Crippen LogP contribution in [0, 0.1) is 0 Å². The molecule has 1 atom stereocenters. The first-order valence-corrected chi connectivity index (χ1v) is 9.35. The molecule has 3 rings (SSSR count). The Balaban J connectivity index is 0.00000280. The van der Waals surface area contributed by atoms with Crippen molar-refractivity contribution in [3.05, 3.63) is 72.2 Å². The van der Waals surface area contributed by atoms with Crippen LogP contribution < -0.4 is 10.6 Å². The van der Waals surface area contributed by atoms with Gasteiger partial charge in [0.05, 0.1) is 12.8 Å². The van der Waals surface area contributed by atoms with Gasteiger partial charge in [0, 0.05) is 13.1 Å². The number of nitrogens with one attached hydrogen (secondary N) is 2. The fourth-order valence-corrected chi connectivity index (χ4v) is 2.96. The number of aliphatic imine (C=N–C) groups is 1. The molecular formula is C22H28IN3O2. The predicted octanol–water partition coefficient (Wildman–Crippen LogP) is 4.06. The summed E-state index contributed by atoms with van der Waals surface area (Å²) in [6, 6.07) is 18.4. The van der Waals surface area contributed by atoms with Crippen molar-refractivity contribution in [2.45, 2.75) is 25.9 Å². The van der Waals surface area contributed by atoms with Crippen LogP contribution in [0.1, 0.15) is 25.2 Å². The van der Waals surface area contributed by atoms with Crippen molar-refractivity contribution in [3.8, 4) is 0 Å². The molecule has 0 radical (unpaired) electrons. The zero-order valence-corrected chi connectivity index (χ0v) is 18.6. The predicted molar refractivity (Wildman–Crippen MR) is 125 cm³/mol. The Labute approximate surface area is 183 Å².